The van der Waals surface area contributed by atoms with Crippen molar-refractivity contribution in [3.8, 4) is 0 Å². The van der Waals surface area contributed by atoms with Gasteiger partial charge in [-0.1, -0.05) is 6.07 Å². The number of hydrogen-bond acceptors (Lipinski definition) is 3. The Kier molecular flexibility index (Phi) is 3.78. The maximum absolute atomic E-state index is 12.1. The van der Waals surface area contributed by atoms with E-state index >= 15 is 0 Å². The van der Waals surface area contributed by atoms with Gasteiger partial charge in [-0.05, 0) is 38.5 Å². The van der Waals surface area contributed by atoms with E-state index in [-0.39, 0.29) is 12.5 Å². The van der Waals surface area contributed by atoms with E-state index in [1.807, 2.05) is 13.0 Å². The molecule has 0 saturated heterocycles. The summed E-state index contributed by atoms with van der Waals surface area (Å²) in [6, 6.07) is 5.33. The molecule has 0 spiro atoms. The molecule has 1 rings (SSSR count). The van der Waals surface area contributed by atoms with E-state index in [0.29, 0.717) is 11.3 Å². The molecule has 0 radical (unpaired) electrons. The normalized spacial score (nSPS) is 11.4. The van der Waals surface area contributed by atoms with Crippen LogP contribution in [0.25, 0.3) is 0 Å². The minimum Gasteiger partial charge on any atom is -0.398 e. The molecule has 0 heterocycles. The van der Waals surface area contributed by atoms with Crippen LogP contribution in [0, 0.1) is 6.92 Å². The molecule has 4 nitrogen and oxygen atoms in total. The van der Waals surface area contributed by atoms with Crippen LogP contribution in [0.3, 0.4) is 0 Å². The van der Waals surface area contributed by atoms with Gasteiger partial charge in [-0.15, -0.1) is 0 Å². The molecule has 0 aromatic heterocycles. The Hall–Kier alpha value is -1.55. The van der Waals surface area contributed by atoms with Crippen molar-refractivity contribution < 1.29 is 9.90 Å². The lowest BCUT2D eigenvalue weighted by molar-refractivity contribution is 0.0368. The summed E-state index contributed by atoms with van der Waals surface area (Å²) in [5.74, 6) is -0.176. The van der Waals surface area contributed by atoms with Gasteiger partial charge in [-0.2, -0.15) is 0 Å². The number of aryl methyl sites for hydroxylation is 1. The predicted octanol–water partition coefficient (Wildman–Crippen LogP) is 1.42. The molecule has 0 bridgehead atoms. The molecule has 0 saturated carbocycles. The lowest BCUT2D eigenvalue weighted by Crippen LogP contribution is -2.39. The fraction of sp³-hybridized carbons (Fsp3) is 0.462. The van der Waals surface area contributed by atoms with Crippen LogP contribution in [-0.2, 0) is 0 Å². The fourth-order valence-corrected chi connectivity index (χ4v) is 1.73. The van der Waals surface area contributed by atoms with Gasteiger partial charge in [-0.3, -0.25) is 4.79 Å². The summed E-state index contributed by atoms with van der Waals surface area (Å²) in [4.78, 5) is 13.6. The van der Waals surface area contributed by atoms with E-state index in [0.717, 1.165) is 5.56 Å². The van der Waals surface area contributed by atoms with Crippen LogP contribution in [0.15, 0.2) is 18.2 Å². The Bertz CT molecular complexity index is 422. The number of nitrogens with zero attached hydrogens (tertiary/aromatic N) is 1. The molecule has 1 amide bonds. The first-order valence-corrected chi connectivity index (χ1v) is 5.55. The van der Waals surface area contributed by atoms with Gasteiger partial charge >= 0.3 is 0 Å². The third-order valence-electron chi connectivity index (χ3n) is 2.41. The van der Waals surface area contributed by atoms with Crippen LogP contribution in [0.2, 0.25) is 0 Å². The molecule has 94 valence electrons. The first-order valence-electron chi connectivity index (χ1n) is 5.55. The number of nitrogens with two attached hydrogens (primary N) is 1. The lowest BCUT2D eigenvalue weighted by Gasteiger charge is -2.26. The number of anilines is 1. The van der Waals surface area contributed by atoms with E-state index in [9.17, 15) is 9.90 Å². The van der Waals surface area contributed by atoms with Crippen molar-refractivity contribution in [2.45, 2.75) is 26.4 Å². The number of carbonyl (C=O) groups excluding carboxylic acids is 1. The van der Waals surface area contributed by atoms with Crippen molar-refractivity contribution in [1.82, 2.24) is 4.90 Å². The zero-order valence-electron chi connectivity index (χ0n) is 10.8. The molecule has 0 atom stereocenters. The molecular formula is C13H20N2O2. The molecule has 0 aliphatic rings. The minimum absolute atomic E-state index is 0.176. The molecule has 4 heteroatoms. The van der Waals surface area contributed by atoms with Gasteiger partial charge in [0.15, 0.2) is 0 Å². The molecule has 0 aliphatic heterocycles. The monoisotopic (exact) mass is 236 g/mol. The van der Waals surface area contributed by atoms with Gasteiger partial charge in [0.2, 0.25) is 0 Å². The zero-order chi connectivity index (χ0) is 13.2. The highest BCUT2D eigenvalue weighted by Crippen LogP contribution is 2.16. The summed E-state index contributed by atoms with van der Waals surface area (Å²) in [7, 11) is 1.65. The van der Waals surface area contributed by atoms with Crippen LogP contribution in [0.4, 0.5) is 5.69 Å². The summed E-state index contributed by atoms with van der Waals surface area (Å²) in [6.07, 6.45) is 0. The summed E-state index contributed by atoms with van der Waals surface area (Å²) in [5, 5.41) is 9.67. The summed E-state index contributed by atoms with van der Waals surface area (Å²) >= 11 is 0. The van der Waals surface area contributed by atoms with Crippen LogP contribution in [0.5, 0.6) is 0 Å². The highest BCUT2D eigenvalue weighted by molar-refractivity contribution is 5.99. The number of rotatable bonds is 3. The van der Waals surface area contributed by atoms with E-state index in [2.05, 4.69) is 0 Å². The molecule has 1 aromatic rings. The molecule has 0 unspecified atom stereocenters. The Morgan fingerprint density at radius 2 is 2.06 bits per heavy atom. The van der Waals surface area contributed by atoms with Crippen LogP contribution >= 0.6 is 0 Å². The molecule has 1 aromatic carbocycles. The van der Waals surface area contributed by atoms with Crippen molar-refractivity contribution >= 4 is 11.6 Å². The predicted molar refractivity (Wildman–Crippen MR) is 68.8 cm³/mol. The van der Waals surface area contributed by atoms with Crippen LogP contribution in [0.1, 0.15) is 29.8 Å². The van der Waals surface area contributed by atoms with Crippen molar-refractivity contribution in [1.29, 1.82) is 0 Å². The van der Waals surface area contributed by atoms with Crippen LogP contribution in [-0.4, -0.2) is 35.1 Å². The van der Waals surface area contributed by atoms with E-state index in [1.54, 1.807) is 33.0 Å². The Morgan fingerprint density at radius 1 is 1.47 bits per heavy atom. The average Bonchev–Trinajstić information content (AvgIpc) is 2.14. The second kappa shape index (κ2) is 4.75. The molecule has 3 N–H and O–H groups in total. The number of amides is 1. The summed E-state index contributed by atoms with van der Waals surface area (Å²) < 4.78 is 0. The zero-order valence-corrected chi connectivity index (χ0v) is 10.8. The van der Waals surface area contributed by atoms with Crippen molar-refractivity contribution in [3.63, 3.8) is 0 Å². The number of nitrogen functional groups attached to an aromatic ring is 1. The fourth-order valence-electron chi connectivity index (χ4n) is 1.73. The topological polar surface area (TPSA) is 66.6 Å². The second-order valence-electron chi connectivity index (χ2n) is 5.06. The average molecular weight is 236 g/mol. The first-order chi connectivity index (χ1) is 7.70. The molecule has 0 aliphatic carbocycles. The van der Waals surface area contributed by atoms with Crippen molar-refractivity contribution in [2.75, 3.05) is 19.3 Å². The Balaban J connectivity index is 2.89. The third-order valence-corrected chi connectivity index (χ3v) is 2.41. The van der Waals surface area contributed by atoms with Crippen molar-refractivity contribution in [3.05, 3.63) is 29.3 Å². The molecular weight excluding hydrogens is 216 g/mol. The first kappa shape index (κ1) is 13.5. The number of likely N-dealkylation sites (N-methyl/N-ethyl adjacent to an activating group) is 1. The summed E-state index contributed by atoms with van der Waals surface area (Å²) in [6.45, 7) is 5.51. The lowest BCUT2D eigenvalue weighted by atomic mass is 10.1. The highest BCUT2D eigenvalue weighted by atomic mass is 16.3. The van der Waals surface area contributed by atoms with Gasteiger partial charge in [-0.25, -0.2) is 0 Å². The smallest absolute Gasteiger partial charge is 0.255 e. The quantitative estimate of drug-likeness (QED) is 0.780. The third kappa shape index (κ3) is 3.75. The highest BCUT2D eigenvalue weighted by Gasteiger charge is 2.21. The maximum atomic E-state index is 12.1. The summed E-state index contributed by atoms with van der Waals surface area (Å²) in [5.41, 5.74) is 6.86. The number of benzene rings is 1. The molecule has 0 fully saturated rings. The van der Waals surface area contributed by atoms with E-state index in [1.165, 1.54) is 4.90 Å². The standard InChI is InChI=1S/C13H20N2O2/c1-9-5-6-10(11(14)7-9)12(16)15(4)8-13(2,3)17/h5-7,17H,8,14H2,1-4H3. The van der Waals surface area contributed by atoms with E-state index < -0.39 is 5.60 Å². The van der Waals surface area contributed by atoms with Gasteiger partial charge < -0.3 is 15.7 Å². The Morgan fingerprint density at radius 3 is 2.53 bits per heavy atom. The Labute approximate surface area is 102 Å². The van der Waals surface area contributed by atoms with Gasteiger partial charge in [0, 0.05) is 19.3 Å². The number of hydrogen-bond donors (Lipinski definition) is 2. The maximum Gasteiger partial charge on any atom is 0.255 e. The van der Waals surface area contributed by atoms with Gasteiger partial charge in [0.1, 0.15) is 0 Å². The minimum atomic E-state index is -0.913. The van der Waals surface area contributed by atoms with E-state index in [4.69, 9.17) is 5.73 Å². The number of carbonyl (C=O) groups is 1. The van der Waals surface area contributed by atoms with Crippen molar-refractivity contribution in [2.24, 2.45) is 0 Å². The van der Waals surface area contributed by atoms with Gasteiger partial charge in [0.25, 0.3) is 5.91 Å². The van der Waals surface area contributed by atoms with Crippen LogP contribution < -0.4 is 5.73 Å². The largest absolute Gasteiger partial charge is 0.398 e. The van der Waals surface area contributed by atoms with Gasteiger partial charge in [0.05, 0.1) is 11.2 Å². The molecule has 17 heavy (non-hydrogen) atoms. The number of aliphatic hydroxyl groups is 1. The SMILES string of the molecule is Cc1ccc(C(=O)N(C)CC(C)(C)O)c(N)c1. The second-order valence-corrected chi connectivity index (χ2v) is 5.06.